The molecule has 7 rings (SSSR count). The van der Waals surface area contributed by atoms with Gasteiger partial charge in [-0.05, 0) is 77.3 Å². The molecule has 0 aliphatic carbocycles. The molecule has 11 nitrogen and oxygen atoms in total. The Morgan fingerprint density at radius 2 is 1.45 bits per heavy atom. The van der Waals surface area contributed by atoms with Crippen LogP contribution in [0.1, 0.15) is 54.0 Å². The van der Waals surface area contributed by atoms with Crippen molar-refractivity contribution in [1.82, 2.24) is 9.55 Å². The van der Waals surface area contributed by atoms with Gasteiger partial charge in [-0.3, -0.25) is 9.36 Å². The average molecular weight is 886 g/mol. The van der Waals surface area contributed by atoms with Crippen LogP contribution in [0.25, 0.3) is 0 Å². The van der Waals surface area contributed by atoms with Crippen LogP contribution in [0.4, 0.5) is 5.82 Å². The molecule has 4 aromatic carbocycles. The topological polar surface area (TPSA) is 119 Å². The predicted octanol–water partition coefficient (Wildman–Crippen LogP) is 9.25. The maximum atomic E-state index is 14.1. The maximum absolute atomic E-state index is 14.1. The summed E-state index contributed by atoms with van der Waals surface area (Å²) in [6.07, 6.45) is -0.698. The van der Waals surface area contributed by atoms with Crippen molar-refractivity contribution < 1.29 is 32.7 Å². The molecule has 2 fully saturated rings. The van der Waals surface area contributed by atoms with Gasteiger partial charge in [-0.15, -0.1) is 0 Å². The van der Waals surface area contributed by atoms with E-state index in [9.17, 15) is 9.59 Å². The summed E-state index contributed by atoms with van der Waals surface area (Å²) in [4.78, 5) is 31.4. The Morgan fingerprint density at radius 1 is 0.883 bits per heavy atom. The number of methoxy groups -OCH3 is 2. The second-order valence-electron chi connectivity index (χ2n) is 16.2. The van der Waals surface area contributed by atoms with Crippen molar-refractivity contribution in [1.29, 1.82) is 0 Å². The van der Waals surface area contributed by atoms with Crippen molar-refractivity contribution in [2.24, 2.45) is 0 Å². The molecule has 0 radical (unpaired) electrons. The minimum atomic E-state index is -2.71. The number of carbonyl (C=O) groups is 1. The lowest BCUT2D eigenvalue weighted by atomic mass is 9.80. The molecular weight excluding hydrogens is 834 g/mol. The summed E-state index contributed by atoms with van der Waals surface area (Å²) in [5.41, 5.74) is -1.86. The van der Waals surface area contributed by atoms with Gasteiger partial charge in [0.1, 0.15) is 34.5 Å². The highest BCUT2D eigenvalue weighted by atomic mass is 32.9. The Labute approximate surface area is 362 Å². The first kappa shape index (κ1) is 44.0. The first-order chi connectivity index (χ1) is 28.7. The van der Waals surface area contributed by atoms with Crippen molar-refractivity contribution in [2.75, 3.05) is 38.5 Å². The minimum absolute atomic E-state index is 0.0567. The molecule has 0 bridgehead atoms. The van der Waals surface area contributed by atoms with E-state index in [1.54, 1.807) is 62.1 Å². The third-order valence-electron chi connectivity index (χ3n) is 11.6. The van der Waals surface area contributed by atoms with Gasteiger partial charge in [-0.2, -0.15) is 4.98 Å². The van der Waals surface area contributed by atoms with Crippen LogP contribution in [0, 0.1) is 0 Å². The van der Waals surface area contributed by atoms with Crippen LogP contribution < -0.4 is 20.5 Å². The highest BCUT2D eigenvalue weighted by molar-refractivity contribution is 8.70. The van der Waals surface area contributed by atoms with Gasteiger partial charge in [0.15, 0.2) is 14.5 Å². The minimum Gasteiger partial charge on any atom is -0.497 e. The standard InChI is InChI=1S/C45H52N3O8PS2Si/c1-44(2,3)60(6,7)56-39-40(57(58)54-28-29-59-57)37(55-42(39)48-27-26-38(47-43(48)50)46-41(49)31-14-10-8-11-15-31)30-53-45(32-16-12-9-13-17-32,33-18-22-35(51-4)23-19-33)34-20-24-36(52-5)25-21-34/h8-27,37,39-40,42H,28-30H2,1-7H3,(H,46,47,49,50)/t37-,39-,40-,42-,57?/m1/s1. The summed E-state index contributed by atoms with van der Waals surface area (Å²) >= 11 is 8.18. The van der Waals surface area contributed by atoms with Gasteiger partial charge in [-0.25, -0.2) is 4.79 Å². The number of amides is 1. The Balaban J connectivity index is 1.34. The highest BCUT2D eigenvalue weighted by Gasteiger charge is 2.58. The van der Waals surface area contributed by atoms with Crippen LogP contribution in [0.2, 0.25) is 18.1 Å². The number of aromatic nitrogens is 2. The van der Waals surface area contributed by atoms with E-state index in [2.05, 4.69) is 56.3 Å². The molecule has 2 aliphatic heterocycles. The number of nitrogens with zero attached hydrogens (tertiary/aromatic N) is 2. The van der Waals surface area contributed by atoms with E-state index in [1.165, 1.54) is 4.57 Å². The highest BCUT2D eigenvalue weighted by Crippen LogP contribution is 2.71. The lowest BCUT2D eigenvalue weighted by molar-refractivity contribution is -0.0862. The van der Waals surface area contributed by atoms with Gasteiger partial charge in [0.25, 0.3) is 5.91 Å². The van der Waals surface area contributed by atoms with Crippen molar-refractivity contribution in [3.05, 3.63) is 154 Å². The molecule has 5 atom stereocenters. The second kappa shape index (κ2) is 18.1. The fraction of sp³-hybridized carbons (Fsp3) is 0.356. The Morgan fingerprint density at radius 3 is 1.97 bits per heavy atom. The quantitative estimate of drug-likeness (QED) is 0.0653. The number of hydrogen-bond donors (Lipinski definition) is 1. The second-order valence-corrected chi connectivity index (χ2v) is 28.3. The van der Waals surface area contributed by atoms with E-state index >= 15 is 0 Å². The monoisotopic (exact) mass is 885 g/mol. The molecule has 316 valence electrons. The zero-order valence-electron chi connectivity index (χ0n) is 34.9. The SMILES string of the molecule is COc1ccc(C(OC[C@H]2O[C@@H](n3ccc(NC(=O)c4ccccc4)nc3=O)[C@H](O[Si](C)(C)C(C)(C)C)[C@@H]2P2(=S)OCCS2)(c2ccccc2)c2ccc(OC)cc2)cc1. The molecule has 1 amide bonds. The maximum Gasteiger partial charge on any atom is 0.351 e. The summed E-state index contributed by atoms with van der Waals surface area (Å²) in [6.45, 7) is 11.4. The number of rotatable bonds is 14. The number of benzene rings is 4. The van der Waals surface area contributed by atoms with E-state index in [-0.39, 0.29) is 23.4 Å². The molecule has 5 aromatic rings. The molecular formula is C45H52N3O8PS2Si. The van der Waals surface area contributed by atoms with Gasteiger partial charge < -0.3 is 33.2 Å². The van der Waals surface area contributed by atoms with Crippen LogP contribution in [0.3, 0.4) is 0 Å². The van der Waals surface area contributed by atoms with Crippen molar-refractivity contribution in [2.45, 2.75) is 68.6 Å². The smallest absolute Gasteiger partial charge is 0.351 e. The van der Waals surface area contributed by atoms with Crippen LogP contribution >= 0.6 is 16.8 Å². The Bertz CT molecular complexity index is 2310. The van der Waals surface area contributed by atoms with Crippen molar-refractivity contribution in [3.8, 4) is 11.5 Å². The molecule has 60 heavy (non-hydrogen) atoms. The molecule has 0 spiro atoms. The predicted molar refractivity (Wildman–Crippen MR) is 244 cm³/mol. The van der Waals surface area contributed by atoms with Gasteiger partial charge in [-0.1, -0.05) is 117 Å². The van der Waals surface area contributed by atoms with Crippen LogP contribution in [0.15, 0.2) is 126 Å². The Hall–Kier alpha value is -4.11. The summed E-state index contributed by atoms with van der Waals surface area (Å²) < 4.78 is 41.0. The lowest BCUT2D eigenvalue weighted by Gasteiger charge is -2.42. The first-order valence-electron chi connectivity index (χ1n) is 19.9. The van der Waals surface area contributed by atoms with E-state index in [4.69, 9.17) is 39.7 Å². The van der Waals surface area contributed by atoms with Gasteiger partial charge in [0, 0.05) is 17.5 Å². The lowest BCUT2D eigenvalue weighted by Crippen LogP contribution is -2.49. The van der Waals surface area contributed by atoms with Gasteiger partial charge >= 0.3 is 5.69 Å². The molecule has 0 saturated carbocycles. The average Bonchev–Trinajstić information content (AvgIpc) is 3.85. The van der Waals surface area contributed by atoms with E-state index in [0.717, 1.165) is 22.4 Å². The molecule has 2 aliphatic rings. The zero-order chi connectivity index (χ0) is 42.7. The normalized spacial score (nSPS) is 22.1. The number of carbonyl (C=O) groups excluding carboxylic acids is 1. The van der Waals surface area contributed by atoms with E-state index in [1.807, 2.05) is 72.8 Å². The largest absolute Gasteiger partial charge is 0.497 e. The fourth-order valence-electron chi connectivity index (χ4n) is 7.38. The molecule has 15 heteroatoms. The third-order valence-corrected chi connectivity index (χ3v) is 23.3. The summed E-state index contributed by atoms with van der Waals surface area (Å²) in [6, 6.07) is 36.2. The molecule has 1 aromatic heterocycles. The summed E-state index contributed by atoms with van der Waals surface area (Å²) in [7, 11) is 0.727. The number of hydrogen-bond acceptors (Lipinski definition) is 11. The van der Waals surface area contributed by atoms with Crippen LogP contribution in [-0.4, -0.2) is 74.8 Å². The van der Waals surface area contributed by atoms with Crippen molar-refractivity contribution in [3.63, 3.8) is 0 Å². The molecule has 2 saturated heterocycles. The molecule has 1 unspecified atom stereocenters. The zero-order valence-corrected chi connectivity index (χ0v) is 38.4. The molecule has 3 heterocycles. The fourth-order valence-corrected chi connectivity index (χ4v) is 15.6. The summed E-state index contributed by atoms with van der Waals surface area (Å²) in [5.74, 6) is 1.90. The molecule has 1 N–H and O–H groups in total. The van der Waals surface area contributed by atoms with Gasteiger partial charge in [0.2, 0.25) is 0 Å². The van der Waals surface area contributed by atoms with E-state index < -0.39 is 49.2 Å². The van der Waals surface area contributed by atoms with Crippen molar-refractivity contribution >= 4 is 48.7 Å². The number of ether oxygens (including phenoxy) is 4. The van der Waals surface area contributed by atoms with E-state index in [0.29, 0.717) is 23.7 Å². The first-order valence-corrected chi connectivity index (χ1v) is 27.1. The summed E-state index contributed by atoms with van der Waals surface area (Å²) in [5, 5.41) is 2.57. The number of nitrogens with one attached hydrogen (secondary N) is 1. The number of anilines is 1. The van der Waals surface area contributed by atoms with Crippen LogP contribution in [0.5, 0.6) is 11.5 Å². The van der Waals surface area contributed by atoms with Crippen LogP contribution in [-0.2, 0) is 35.8 Å². The Kier molecular flexibility index (Phi) is 13.2. The van der Waals surface area contributed by atoms with Gasteiger partial charge in [0.05, 0.1) is 39.2 Å². The third kappa shape index (κ3) is 8.93.